The Morgan fingerprint density at radius 2 is 0.396 bits per heavy atom. The van der Waals surface area contributed by atoms with Gasteiger partial charge < -0.3 is 0 Å². The van der Waals surface area contributed by atoms with E-state index in [4.69, 9.17) is 0 Å². The van der Waals surface area contributed by atoms with Gasteiger partial charge in [-0.05, 0) is 205 Å². The number of non-ortho nitro benzene ring substituents is 1. The SMILES string of the molecule is O=[N+]([O-])c1ccc(N/N=C/CCCCCCCCCC/C=C/CCCCCCCCCC/C=C/CCCCCCCCCC/C=C/CCCCCCCCCC/C=C/CCCCCCCCCC/C=C/CCCCCCCCCC/C=C/CCCCCCCCCC/C=C/CCCCCCCCCCCBr)c([N+](=O)[O-])c1. The monoisotopic (exact) mass is 1610 g/mol. The minimum atomic E-state index is -0.646. The second-order valence-electron chi connectivity index (χ2n) is 33.4. The Hall–Kier alpha value is -3.85. The number of allylic oxidation sites excluding steroid dienone is 14. The number of hydrogen-bond donors (Lipinski definition) is 1. The van der Waals surface area contributed by atoms with E-state index in [1.807, 2.05) is 0 Å². The van der Waals surface area contributed by atoms with E-state index in [-0.39, 0.29) is 17.1 Å². The number of hydrogen-bond acceptors (Lipinski definition) is 6. The largest absolute Gasteiger partial charge is 0.301 e. The number of rotatable bonds is 92. The van der Waals surface area contributed by atoms with Gasteiger partial charge in [0.2, 0.25) is 0 Å². The summed E-state index contributed by atoms with van der Waals surface area (Å²) in [7, 11) is 0. The van der Waals surface area contributed by atoms with Crippen LogP contribution < -0.4 is 5.43 Å². The van der Waals surface area contributed by atoms with Gasteiger partial charge in [0.25, 0.3) is 5.69 Å². The summed E-state index contributed by atoms with van der Waals surface area (Å²) in [5.74, 6) is 0. The normalized spacial score (nSPS) is 12.3. The summed E-state index contributed by atoms with van der Waals surface area (Å²) in [4.78, 5) is 20.9. The third-order valence-electron chi connectivity index (χ3n) is 22.7. The number of halogens is 1. The molecule has 0 saturated carbocycles. The quantitative estimate of drug-likeness (QED) is 0.0174. The molecular weight excluding hydrogens is 1430 g/mol. The van der Waals surface area contributed by atoms with Crippen LogP contribution in [0.15, 0.2) is 108 Å². The van der Waals surface area contributed by atoms with Crippen LogP contribution in [0.25, 0.3) is 0 Å². The zero-order valence-corrected chi connectivity index (χ0v) is 74.6. The number of unbranched alkanes of at least 4 members (excludes halogenated alkanes) is 72. The van der Waals surface area contributed by atoms with E-state index in [1.165, 1.54) is 512 Å². The van der Waals surface area contributed by atoms with Crippen LogP contribution in [0.2, 0.25) is 0 Å². The predicted octanol–water partition coefficient (Wildman–Crippen LogP) is 37.4. The second kappa shape index (κ2) is 93.3. The molecular formula is C102H181BrN4O4. The fraction of sp³-hybridized carbons (Fsp3) is 0.794. The molecule has 0 fully saturated rings. The maximum Gasteiger partial charge on any atom is 0.301 e. The van der Waals surface area contributed by atoms with Gasteiger partial charge >= 0.3 is 5.69 Å². The molecule has 1 aromatic carbocycles. The zero-order valence-electron chi connectivity index (χ0n) is 73.0. The van der Waals surface area contributed by atoms with Crippen LogP contribution in [0.4, 0.5) is 17.1 Å². The number of benzene rings is 1. The van der Waals surface area contributed by atoms with Crippen LogP contribution >= 0.6 is 15.9 Å². The third-order valence-corrected chi connectivity index (χ3v) is 23.3. The van der Waals surface area contributed by atoms with Crippen LogP contribution in [0.3, 0.4) is 0 Å². The molecule has 0 aliphatic rings. The molecule has 0 aliphatic carbocycles. The Bertz CT molecular complexity index is 2320. The lowest BCUT2D eigenvalue weighted by Gasteiger charge is -2.02. The van der Waals surface area contributed by atoms with E-state index in [0.717, 1.165) is 25.3 Å². The zero-order chi connectivity index (χ0) is 79.3. The van der Waals surface area contributed by atoms with Crippen molar-refractivity contribution in [3.63, 3.8) is 0 Å². The Balaban J connectivity index is 1.67. The molecule has 0 heterocycles. The van der Waals surface area contributed by atoms with Gasteiger partial charge in [-0.3, -0.25) is 25.7 Å². The van der Waals surface area contributed by atoms with E-state index < -0.39 is 9.85 Å². The molecule has 1 N–H and O–H groups in total. The van der Waals surface area contributed by atoms with Crippen molar-refractivity contribution in [2.45, 2.75) is 514 Å². The molecule has 8 nitrogen and oxygen atoms in total. The van der Waals surface area contributed by atoms with E-state index in [0.29, 0.717) is 0 Å². The van der Waals surface area contributed by atoms with Gasteiger partial charge in [-0.2, -0.15) is 5.10 Å². The Kier molecular flexibility index (Phi) is 88.4. The molecule has 9 heteroatoms. The summed E-state index contributed by atoms with van der Waals surface area (Å²) in [6.07, 6.45) is 145. The van der Waals surface area contributed by atoms with Crippen molar-refractivity contribution >= 4 is 39.2 Å². The Morgan fingerprint density at radius 1 is 0.234 bits per heavy atom. The number of nitro groups is 2. The first kappa shape index (κ1) is 105. The number of nitrogens with zero attached hydrogens (tertiary/aromatic N) is 3. The molecule has 0 unspecified atom stereocenters. The summed E-state index contributed by atoms with van der Waals surface area (Å²) in [6, 6.07) is 3.50. The maximum atomic E-state index is 11.2. The van der Waals surface area contributed by atoms with Gasteiger partial charge in [0.1, 0.15) is 5.69 Å². The molecule has 0 aliphatic heterocycles. The molecule has 1 aromatic rings. The lowest BCUT2D eigenvalue weighted by Crippen LogP contribution is -1.98. The van der Waals surface area contributed by atoms with Crippen molar-refractivity contribution in [2.75, 3.05) is 10.8 Å². The molecule has 0 spiro atoms. The summed E-state index contributed by atoms with van der Waals surface area (Å²) < 4.78 is 0. The van der Waals surface area contributed by atoms with Gasteiger partial charge in [-0.15, -0.1) is 0 Å². The summed E-state index contributed by atoms with van der Waals surface area (Å²) >= 11 is 3.53. The lowest BCUT2D eigenvalue weighted by atomic mass is 10.0. The van der Waals surface area contributed by atoms with Crippen LogP contribution in [0.5, 0.6) is 0 Å². The number of nitro benzene ring substituents is 2. The average molecular weight is 1610 g/mol. The van der Waals surface area contributed by atoms with Crippen molar-refractivity contribution < 1.29 is 9.85 Å². The van der Waals surface area contributed by atoms with E-state index in [9.17, 15) is 20.2 Å². The molecule has 1 rings (SSSR count). The van der Waals surface area contributed by atoms with Gasteiger partial charge in [0.15, 0.2) is 0 Å². The molecule has 111 heavy (non-hydrogen) atoms. The molecule has 0 saturated heterocycles. The maximum absolute atomic E-state index is 11.2. The summed E-state index contributed by atoms with van der Waals surface area (Å²) in [5, 5.41) is 27.4. The number of alkyl halides is 1. The Labute approximate surface area is 697 Å². The van der Waals surface area contributed by atoms with E-state index in [2.05, 4.69) is 112 Å². The Morgan fingerprint density at radius 3 is 0.559 bits per heavy atom. The van der Waals surface area contributed by atoms with E-state index in [1.54, 1.807) is 6.21 Å². The molecule has 640 valence electrons. The lowest BCUT2D eigenvalue weighted by molar-refractivity contribution is -0.393. The van der Waals surface area contributed by atoms with Gasteiger partial charge in [-0.25, -0.2) is 0 Å². The fourth-order valence-corrected chi connectivity index (χ4v) is 15.8. The second-order valence-corrected chi connectivity index (χ2v) is 34.2. The van der Waals surface area contributed by atoms with Crippen LogP contribution in [-0.4, -0.2) is 21.4 Å². The molecule has 0 bridgehead atoms. The summed E-state index contributed by atoms with van der Waals surface area (Å²) in [6.45, 7) is 0. The van der Waals surface area contributed by atoms with Crippen molar-refractivity contribution in [3.8, 4) is 0 Å². The third kappa shape index (κ3) is 85.3. The highest BCUT2D eigenvalue weighted by atomic mass is 79.9. The minimum absolute atomic E-state index is 0.147. The number of hydrazone groups is 1. The number of anilines is 1. The standard InChI is InChI=1S/C102H181BrN4O4/c103-97-93-91-89-87-85-83-81-79-77-75-73-71-69-67-65-63-61-59-57-55-53-51-49-47-45-43-41-39-37-35-33-31-29-27-25-23-21-19-17-15-13-11-9-7-5-3-1-2-4-6-8-10-12-14-16-18-20-22-24-26-28-30-32-34-36-38-40-42-44-46-48-50-52-54-56-58-60-62-64-66-68-70-72-74-76-78-80-82-84-86-88-90-92-94-98-104-105-101-96-95-100(106(108)109)99-102(101)107(110)111/h1-2,23-26,47-50,71-74,95-96,98-99,105H,3-22,27-46,51-70,75-94,97H2/b2-1+,25-23+,26-24+,49-47+,50-48+,73-71+,74-72+,104-98+. The number of nitrogens with one attached hydrogen (secondary N) is 1. The molecule has 0 amide bonds. The van der Waals surface area contributed by atoms with Crippen molar-refractivity contribution in [2.24, 2.45) is 5.10 Å². The first-order valence-corrected chi connectivity index (χ1v) is 50.0. The van der Waals surface area contributed by atoms with Gasteiger partial charge in [0, 0.05) is 17.6 Å². The van der Waals surface area contributed by atoms with Crippen molar-refractivity contribution in [1.29, 1.82) is 0 Å². The molecule has 0 atom stereocenters. The highest BCUT2D eigenvalue weighted by Gasteiger charge is 2.19. The minimum Gasteiger partial charge on any atom is -0.272 e. The highest BCUT2D eigenvalue weighted by Crippen LogP contribution is 2.29. The topological polar surface area (TPSA) is 111 Å². The predicted molar refractivity (Wildman–Crippen MR) is 499 cm³/mol. The van der Waals surface area contributed by atoms with Crippen LogP contribution in [0, 0.1) is 20.2 Å². The van der Waals surface area contributed by atoms with Crippen LogP contribution in [0.1, 0.15) is 514 Å². The molecule has 0 aromatic heterocycles. The smallest absolute Gasteiger partial charge is 0.272 e. The van der Waals surface area contributed by atoms with Crippen molar-refractivity contribution in [1.82, 2.24) is 0 Å². The first-order valence-electron chi connectivity index (χ1n) is 48.9. The van der Waals surface area contributed by atoms with Crippen molar-refractivity contribution in [3.05, 3.63) is 123 Å². The van der Waals surface area contributed by atoms with Gasteiger partial charge in [-0.1, -0.05) is 416 Å². The summed E-state index contributed by atoms with van der Waals surface area (Å²) in [5.41, 5.74) is 2.12. The van der Waals surface area contributed by atoms with Crippen LogP contribution in [-0.2, 0) is 0 Å². The molecule has 0 radical (unpaired) electrons. The fourth-order valence-electron chi connectivity index (χ4n) is 15.4. The highest BCUT2D eigenvalue weighted by molar-refractivity contribution is 9.09. The average Bonchev–Trinajstić information content (AvgIpc) is 0.842. The van der Waals surface area contributed by atoms with E-state index >= 15 is 0 Å². The van der Waals surface area contributed by atoms with Gasteiger partial charge in [0.05, 0.1) is 15.9 Å². The first-order chi connectivity index (χ1) is 55.1.